The van der Waals surface area contributed by atoms with Crippen molar-refractivity contribution in [2.45, 2.75) is 32.9 Å². The average molecular weight is 156 g/mol. The van der Waals surface area contributed by atoms with E-state index in [0.717, 1.165) is 12.8 Å². The smallest absolute Gasteiger partial charge is 0.107 e. The molecule has 1 rings (SSSR count). The second-order valence-electron chi connectivity index (χ2n) is 3.88. The normalized spacial score (nSPS) is 45.4. The first kappa shape index (κ1) is 8.76. The van der Waals surface area contributed by atoms with Gasteiger partial charge in [-0.1, -0.05) is 19.9 Å². The highest BCUT2D eigenvalue weighted by molar-refractivity contribution is 4.92. The Balaban J connectivity index is 2.58. The summed E-state index contributed by atoms with van der Waals surface area (Å²) in [6.07, 6.45) is 3.01. The van der Waals surface area contributed by atoms with Gasteiger partial charge < -0.3 is 0 Å². The lowest BCUT2D eigenvalue weighted by atomic mass is 9.74. The van der Waals surface area contributed by atoms with Crippen LogP contribution in [0, 0.1) is 17.8 Å². The number of alkyl halides is 1. The van der Waals surface area contributed by atoms with Crippen LogP contribution in [-0.2, 0) is 0 Å². The number of rotatable bonds is 1. The number of hydrogen-bond acceptors (Lipinski definition) is 0. The summed E-state index contributed by atoms with van der Waals surface area (Å²) in [5, 5.41) is 0. The minimum Gasteiger partial charge on any atom is -0.247 e. The summed E-state index contributed by atoms with van der Waals surface area (Å²) in [7, 11) is 0. The van der Waals surface area contributed by atoms with Gasteiger partial charge in [0.2, 0.25) is 0 Å². The molecule has 1 fully saturated rings. The second-order valence-corrected chi connectivity index (χ2v) is 3.88. The Morgan fingerprint density at radius 3 is 2.45 bits per heavy atom. The molecular formula is C10H17F. The number of allylic oxidation sites excluding steroid dienone is 1. The highest BCUT2D eigenvalue weighted by Crippen LogP contribution is 2.35. The molecule has 0 N–H and O–H groups in total. The van der Waals surface area contributed by atoms with Crippen molar-refractivity contribution in [2.24, 2.45) is 17.8 Å². The van der Waals surface area contributed by atoms with E-state index in [2.05, 4.69) is 20.4 Å². The molecule has 1 heteroatoms. The molecule has 4 atom stereocenters. The van der Waals surface area contributed by atoms with Gasteiger partial charge in [-0.05, 0) is 24.7 Å². The highest BCUT2D eigenvalue weighted by Gasteiger charge is 2.31. The Bertz CT molecular complexity index is 130. The minimum atomic E-state index is -0.647. The van der Waals surface area contributed by atoms with E-state index in [-0.39, 0.29) is 5.92 Å². The molecule has 64 valence electrons. The lowest BCUT2D eigenvalue weighted by Gasteiger charge is -2.33. The van der Waals surface area contributed by atoms with E-state index in [1.54, 1.807) is 6.08 Å². The van der Waals surface area contributed by atoms with E-state index in [1.807, 2.05) is 0 Å². The molecule has 0 spiro atoms. The van der Waals surface area contributed by atoms with Crippen LogP contribution in [0.25, 0.3) is 0 Å². The van der Waals surface area contributed by atoms with Crippen molar-refractivity contribution in [1.82, 2.24) is 0 Å². The van der Waals surface area contributed by atoms with Crippen LogP contribution >= 0.6 is 0 Å². The molecule has 0 aromatic rings. The Morgan fingerprint density at radius 2 is 2.00 bits per heavy atom. The standard InChI is InChI=1S/C10H17F/c1-4-9-8(3)5-7(2)6-10(9)11/h4,7-10H,1,5-6H2,2-3H3. The number of hydrogen-bond donors (Lipinski definition) is 0. The van der Waals surface area contributed by atoms with Gasteiger partial charge in [-0.25, -0.2) is 4.39 Å². The Kier molecular flexibility index (Phi) is 2.69. The minimum absolute atomic E-state index is 0.103. The van der Waals surface area contributed by atoms with Crippen LogP contribution in [0.15, 0.2) is 12.7 Å². The summed E-state index contributed by atoms with van der Waals surface area (Å²) in [4.78, 5) is 0. The van der Waals surface area contributed by atoms with Crippen molar-refractivity contribution < 1.29 is 4.39 Å². The fourth-order valence-corrected chi connectivity index (χ4v) is 2.17. The van der Waals surface area contributed by atoms with Crippen LogP contribution in [0.1, 0.15) is 26.7 Å². The third-order valence-electron chi connectivity index (χ3n) is 2.75. The van der Waals surface area contributed by atoms with E-state index < -0.39 is 6.17 Å². The predicted molar refractivity (Wildman–Crippen MR) is 46.1 cm³/mol. The predicted octanol–water partition coefficient (Wildman–Crippen LogP) is 3.19. The van der Waals surface area contributed by atoms with Crippen molar-refractivity contribution in [2.75, 3.05) is 0 Å². The van der Waals surface area contributed by atoms with Crippen LogP contribution in [0.5, 0.6) is 0 Å². The molecule has 0 bridgehead atoms. The summed E-state index contributed by atoms with van der Waals surface area (Å²) in [5.74, 6) is 1.13. The topological polar surface area (TPSA) is 0 Å². The summed E-state index contributed by atoms with van der Waals surface area (Å²) in [5.41, 5.74) is 0. The lowest BCUT2D eigenvalue weighted by molar-refractivity contribution is 0.115. The van der Waals surface area contributed by atoms with Crippen molar-refractivity contribution in [3.63, 3.8) is 0 Å². The van der Waals surface area contributed by atoms with Gasteiger partial charge in [-0.2, -0.15) is 0 Å². The van der Waals surface area contributed by atoms with E-state index in [9.17, 15) is 4.39 Å². The molecule has 0 aliphatic heterocycles. The fourth-order valence-electron chi connectivity index (χ4n) is 2.17. The molecule has 1 aliphatic carbocycles. The van der Waals surface area contributed by atoms with Gasteiger partial charge in [0.05, 0.1) is 0 Å². The molecule has 1 aliphatic rings. The van der Waals surface area contributed by atoms with E-state index in [0.29, 0.717) is 11.8 Å². The first-order chi connectivity index (χ1) is 5.15. The maximum atomic E-state index is 13.3. The van der Waals surface area contributed by atoms with Crippen LogP contribution < -0.4 is 0 Å². The van der Waals surface area contributed by atoms with Crippen LogP contribution in [-0.4, -0.2) is 6.17 Å². The molecule has 0 heterocycles. The fraction of sp³-hybridized carbons (Fsp3) is 0.800. The molecule has 0 nitrogen and oxygen atoms in total. The lowest BCUT2D eigenvalue weighted by Crippen LogP contribution is -2.30. The van der Waals surface area contributed by atoms with Crippen molar-refractivity contribution in [1.29, 1.82) is 0 Å². The van der Waals surface area contributed by atoms with Crippen molar-refractivity contribution in [3.05, 3.63) is 12.7 Å². The quantitative estimate of drug-likeness (QED) is 0.511. The van der Waals surface area contributed by atoms with Crippen molar-refractivity contribution in [3.8, 4) is 0 Å². The molecule has 4 unspecified atom stereocenters. The molecule has 0 radical (unpaired) electrons. The first-order valence-electron chi connectivity index (χ1n) is 4.41. The Labute approximate surface area is 68.5 Å². The van der Waals surface area contributed by atoms with E-state index >= 15 is 0 Å². The zero-order valence-electron chi connectivity index (χ0n) is 7.39. The SMILES string of the molecule is C=CC1C(C)CC(C)CC1F. The summed E-state index contributed by atoms with van der Waals surface area (Å²) >= 11 is 0. The van der Waals surface area contributed by atoms with Gasteiger partial charge in [0, 0.05) is 5.92 Å². The van der Waals surface area contributed by atoms with Crippen molar-refractivity contribution >= 4 is 0 Å². The molecule has 11 heavy (non-hydrogen) atoms. The summed E-state index contributed by atoms with van der Waals surface area (Å²) in [6.45, 7) is 7.92. The molecule has 0 amide bonds. The van der Waals surface area contributed by atoms with Gasteiger partial charge in [0.15, 0.2) is 0 Å². The third kappa shape index (κ3) is 1.82. The van der Waals surface area contributed by atoms with Crippen LogP contribution in [0.4, 0.5) is 4.39 Å². The van der Waals surface area contributed by atoms with Gasteiger partial charge in [0.1, 0.15) is 6.17 Å². The van der Waals surface area contributed by atoms with E-state index in [4.69, 9.17) is 0 Å². The molecular weight excluding hydrogens is 139 g/mol. The monoisotopic (exact) mass is 156 g/mol. The Morgan fingerprint density at radius 1 is 1.36 bits per heavy atom. The van der Waals surface area contributed by atoms with Gasteiger partial charge in [0.25, 0.3) is 0 Å². The highest BCUT2D eigenvalue weighted by atomic mass is 19.1. The van der Waals surface area contributed by atoms with Gasteiger partial charge in [-0.15, -0.1) is 6.58 Å². The number of halogens is 1. The molecule has 1 saturated carbocycles. The maximum Gasteiger partial charge on any atom is 0.107 e. The largest absolute Gasteiger partial charge is 0.247 e. The molecule has 0 saturated heterocycles. The van der Waals surface area contributed by atoms with Crippen LogP contribution in [0.2, 0.25) is 0 Å². The molecule has 0 aromatic heterocycles. The van der Waals surface area contributed by atoms with Gasteiger partial charge in [-0.3, -0.25) is 0 Å². The molecule has 0 aromatic carbocycles. The average Bonchev–Trinajstić information content (AvgIpc) is 1.85. The van der Waals surface area contributed by atoms with Crippen LogP contribution in [0.3, 0.4) is 0 Å². The zero-order chi connectivity index (χ0) is 8.43. The maximum absolute atomic E-state index is 13.3. The second kappa shape index (κ2) is 3.38. The summed E-state index contributed by atoms with van der Waals surface area (Å²) < 4.78 is 13.3. The summed E-state index contributed by atoms with van der Waals surface area (Å²) in [6, 6.07) is 0. The van der Waals surface area contributed by atoms with E-state index in [1.165, 1.54) is 0 Å². The first-order valence-corrected chi connectivity index (χ1v) is 4.41. The van der Waals surface area contributed by atoms with Gasteiger partial charge >= 0.3 is 0 Å². The third-order valence-corrected chi connectivity index (χ3v) is 2.75. The Hall–Kier alpha value is -0.330. The zero-order valence-corrected chi connectivity index (χ0v) is 7.39.